The van der Waals surface area contributed by atoms with Crippen LogP contribution >= 0.6 is 11.3 Å². The number of nitrogens with one attached hydrogen (secondary N) is 2. The number of anilines is 2. The van der Waals surface area contributed by atoms with Crippen molar-refractivity contribution in [2.45, 2.75) is 20.3 Å². The molecular weight excluding hydrogens is 340 g/mol. The molecular formula is C17H22N4O3S. The first-order valence-corrected chi connectivity index (χ1v) is 8.84. The maximum Gasteiger partial charge on any atom is 0.230 e. The molecule has 0 saturated heterocycles. The lowest BCUT2D eigenvalue weighted by Crippen LogP contribution is -2.18. The van der Waals surface area contributed by atoms with Gasteiger partial charge in [-0.3, -0.25) is 9.59 Å². The van der Waals surface area contributed by atoms with Gasteiger partial charge in [-0.05, 0) is 24.3 Å². The van der Waals surface area contributed by atoms with Crippen molar-refractivity contribution in [2.24, 2.45) is 11.7 Å². The van der Waals surface area contributed by atoms with Crippen LogP contribution in [0.1, 0.15) is 19.5 Å². The largest absolute Gasteiger partial charge is 0.492 e. The summed E-state index contributed by atoms with van der Waals surface area (Å²) in [6.45, 7) is 4.52. The molecule has 0 aliphatic heterocycles. The van der Waals surface area contributed by atoms with E-state index in [4.69, 9.17) is 10.5 Å². The molecule has 0 aliphatic rings. The summed E-state index contributed by atoms with van der Waals surface area (Å²) >= 11 is 1.30. The lowest BCUT2D eigenvalue weighted by atomic mass is 10.2. The van der Waals surface area contributed by atoms with Crippen molar-refractivity contribution in [3.05, 3.63) is 35.3 Å². The summed E-state index contributed by atoms with van der Waals surface area (Å²) in [6.07, 6.45) is 0.138. The third-order valence-electron chi connectivity index (χ3n) is 3.17. The van der Waals surface area contributed by atoms with Crippen molar-refractivity contribution >= 4 is 34.0 Å². The molecule has 1 aromatic carbocycles. The van der Waals surface area contributed by atoms with Gasteiger partial charge < -0.3 is 21.1 Å². The first-order valence-electron chi connectivity index (χ1n) is 7.96. The minimum atomic E-state index is -0.178. The van der Waals surface area contributed by atoms with Crippen LogP contribution in [-0.4, -0.2) is 29.9 Å². The van der Waals surface area contributed by atoms with Gasteiger partial charge in [0.1, 0.15) is 12.4 Å². The molecule has 4 N–H and O–H groups in total. The van der Waals surface area contributed by atoms with E-state index in [2.05, 4.69) is 15.6 Å². The maximum absolute atomic E-state index is 12.1. The third kappa shape index (κ3) is 6.17. The fraction of sp³-hybridized carbons (Fsp3) is 0.353. The zero-order valence-electron chi connectivity index (χ0n) is 14.2. The van der Waals surface area contributed by atoms with Crippen LogP contribution in [0.15, 0.2) is 29.6 Å². The van der Waals surface area contributed by atoms with Crippen molar-refractivity contribution in [1.29, 1.82) is 0 Å². The molecule has 0 aliphatic carbocycles. The number of hydrogen-bond donors (Lipinski definition) is 3. The van der Waals surface area contributed by atoms with Crippen LogP contribution in [0.2, 0.25) is 0 Å². The molecule has 1 heterocycles. The number of thiazole rings is 1. The summed E-state index contributed by atoms with van der Waals surface area (Å²) in [7, 11) is 0. The highest BCUT2D eigenvalue weighted by Gasteiger charge is 2.12. The highest BCUT2D eigenvalue weighted by molar-refractivity contribution is 7.13. The molecule has 25 heavy (non-hydrogen) atoms. The first-order chi connectivity index (χ1) is 12.0. The van der Waals surface area contributed by atoms with Gasteiger partial charge in [0, 0.05) is 23.5 Å². The van der Waals surface area contributed by atoms with Gasteiger partial charge in [-0.2, -0.15) is 0 Å². The van der Waals surface area contributed by atoms with Crippen molar-refractivity contribution in [3.63, 3.8) is 0 Å². The molecule has 0 radical (unpaired) electrons. The zero-order valence-corrected chi connectivity index (χ0v) is 15.1. The lowest BCUT2D eigenvalue weighted by molar-refractivity contribution is -0.119. The molecule has 0 bridgehead atoms. The summed E-state index contributed by atoms with van der Waals surface area (Å²) in [6, 6.07) is 7.07. The lowest BCUT2D eigenvalue weighted by Gasteiger charge is -2.07. The maximum atomic E-state index is 12.1. The molecule has 0 fully saturated rings. The third-order valence-corrected chi connectivity index (χ3v) is 3.98. The molecule has 2 rings (SSSR count). The highest BCUT2D eigenvalue weighted by Crippen LogP contribution is 2.18. The number of nitrogens with zero attached hydrogens (tertiary/aromatic N) is 1. The van der Waals surface area contributed by atoms with Gasteiger partial charge in [0.15, 0.2) is 5.13 Å². The molecule has 2 amide bonds. The quantitative estimate of drug-likeness (QED) is 0.668. The van der Waals surface area contributed by atoms with Gasteiger partial charge in [-0.25, -0.2) is 4.98 Å². The fourth-order valence-electron chi connectivity index (χ4n) is 1.88. The van der Waals surface area contributed by atoms with E-state index >= 15 is 0 Å². The van der Waals surface area contributed by atoms with Crippen LogP contribution < -0.4 is 21.1 Å². The van der Waals surface area contributed by atoms with Gasteiger partial charge in [-0.15, -0.1) is 11.3 Å². The van der Waals surface area contributed by atoms with Gasteiger partial charge in [0.05, 0.1) is 12.1 Å². The van der Waals surface area contributed by atoms with E-state index in [1.54, 1.807) is 29.6 Å². The second kappa shape index (κ2) is 9.14. The Morgan fingerprint density at radius 3 is 2.60 bits per heavy atom. The van der Waals surface area contributed by atoms with Crippen LogP contribution in [0.4, 0.5) is 10.8 Å². The normalized spacial score (nSPS) is 10.6. The van der Waals surface area contributed by atoms with E-state index in [1.807, 2.05) is 13.8 Å². The topological polar surface area (TPSA) is 106 Å². The number of aromatic nitrogens is 1. The van der Waals surface area contributed by atoms with E-state index < -0.39 is 0 Å². The predicted molar refractivity (Wildman–Crippen MR) is 98.9 cm³/mol. The molecule has 7 nitrogen and oxygen atoms in total. The number of carbonyl (C=O) groups excluding carboxylic acids is 2. The Labute approximate surface area is 150 Å². The molecule has 2 aromatic rings. The van der Waals surface area contributed by atoms with Gasteiger partial charge >= 0.3 is 0 Å². The Morgan fingerprint density at radius 2 is 1.96 bits per heavy atom. The average Bonchev–Trinajstić information content (AvgIpc) is 3.00. The summed E-state index contributed by atoms with van der Waals surface area (Å²) < 4.78 is 5.38. The van der Waals surface area contributed by atoms with Crippen LogP contribution in [-0.2, 0) is 16.0 Å². The predicted octanol–water partition coefficient (Wildman–Crippen LogP) is 2.26. The minimum Gasteiger partial charge on any atom is -0.492 e. The van der Waals surface area contributed by atoms with Crippen molar-refractivity contribution < 1.29 is 14.3 Å². The molecule has 8 heteroatoms. The van der Waals surface area contributed by atoms with E-state index in [-0.39, 0.29) is 24.2 Å². The van der Waals surface area contributed by atoms with Gasteiger partial charge in [0.25, 0.3) is 0 Å². The van der Waals surface area contributed by atoms with E-state index in [0.29, 0.717) is 35.4 Å². The van der Waals surface area contributed by atoms with Gasteiger partial charge in [0.2, 0.25) is 11.8 Å². The Bertz CT molecular complexity index is 713. The number of ether oxygens (including phenoxy) is 1. The number of nitrogens with two attached hydrogens (primary N) is 1. The van der Waals surface area contributed by atoms with Crippen LogP contribution in [0.5, 0.6) is 5.75 Å². The van der Waals surface area contributed by atoms with E-state index in [1.165, 1.54) is 11.3 Å². The Hall–Kier alpha value is -2.45. The number of hydrogen-bond acceptors (Lipinski definition) is 6. The van der Waals surface area contributed by atoms with Crippen LogP contribution in [0.3, 0.4) is 0 Å². The highest BCUT2D eigenvalue weighted by atomic mass is 32.1. The molecule has 0 saturated carbocycles. The molecule has 0 spiro atoms. The second-order valence-corrected chi connectivity index (χ2v) is 6.53. The van der Waals surface area contributed by atoms with E-state index in [9.17, 15) is 9.59 Å². The van der Waals surface area contributed by atoms with Gasteiger partial charge in [-0.1, -0.05) is 13.8 Å². The summed E-state index contributed by atoms with van der Waals surface area (Å²) in [5, 5.41) is 7.79. The average molecular weight is 362 g/mol. The molecule has 134 valence electrons. The van der Waals surface area contributed by atoms with Crippen LogP contribution in [0.25, 0.3) is 0 Å². The molecule has 0 unspecified atom stereocenters. The van der Waals surface area contributed by atoms with Crippen molar-refractivity contribution in [3.8, 4) is 5.75 Å². The smallest absolute Gasteiger partial charge is 0.230 e. The van der Waals surface area contributed by atoms with Crippen molar-refractivity contribution in [2.75, 3.05) is 23.8 Å². The zero-order chi connectivity index (χ0) is 18.2. The van der Waals surface area contributed by atoms with Crippen LogP contribution in [0, 0.1) is 5.92 Å². The number of benzene rings is 1. The monoisotopic (exact) mass is 362 g/mol. The number of rotatable bonds is 8. The Morgan fingerprint density at radius 1 is 1.24 bits per heavy atom. The molecule has 0 atom stereocenters. The Kier molecular flexibility index (Phi) is 6.91. The fourth-order valence-corrected chi connectivity index (χ4v) is 2.59. The first kappa shape index (κ1) is 18.9. The Balaban J connectivity index is 1.86. The van der Waals surface area contributed by atoms with E-state index in [0.717, 1.165) is 0 Å². The molecule has 1 aromatic heterocycles. The second-order valence-electron chi connectivity index (χ2n) is 5.67. The standard InChI is InChI=1S/C17H22N4O3S/c1-11(2)16(23)21-17-20-13(10-25-17)9-15(22)19-12-3-5-14(6-4-12)24-8-7-18/h3-6,10-11H,7-9,18H2,1-2H3,(H,19,22)(H,20,21,23). The summed E-state index contributed by atoms with van der Waals surface area (Å²) in [5.74, 6) is 0.311. The van der Waals surface area contributed by atoms with Crippen molar-refractivity contribution in [1.82, 2.24) is 4.98 Å². The summed E-state index contributed by atoms with van der Waals surface area (Å²) in [4.78, 5) is 28.0. The number of amides is 2. The summed E-state index contributed by atoms with van der Waals surface area (Å²) in [5.41, 5.74) is 6.67. The number of carbonyl (C=O) groups is 2. The SMILES string of the molecule is CC(C)C(=O)Nc1nc(CC(=O)Nc2ccc(OCCN)cc2)cs1. The minimum absolute atomic E-state index is 0.0951.